The van der Waals surface area contributed by atoms with E-state index in [1.54, 1.807) is 0 Å². The van der Waals surface area contributed by atoms with Crippen LogP contribution in [0.2, 0.25) is 0 Å². The molecule has 1 aromatic rings. The fraction of sp³-hybridized carbons (Fsp3) is 0.462. The van der Waals surface area contributed by atoms with Crippen LogP contribution in [0.25, 0.3) is 0 Å². The molecule has 5 nitrogen and oxygen atoms in total. The van der Waals surface area contributed by atoms with Gasteiger partial charge >= 0.3 is 6.18 Å². The summed E-state index contributed by atoms with van der Waals surface area (Å²) >= 11 is 0. The average molecular weight is 333 g/mol. The van der Waals surface area contributed by atoms with E-state index in [1.165, 1.54) is 10.4 Å². The number of halogens is 3. The number of hydrogen-bond acceptors (Lipinski definition) is 4. The lowest BCUT2D eigenvalue weighted by Gasteiger charge is -2.31. The van der Waals surface area contributed by atoms with Gasteiger partial charge in [0.05, 0.1) is 22.1 Å². The van der Waals surface area contributed by atoms with Gasteiger partial charge in [-0.3, -0.25) is 0 Å². The van der Waals surface area contributed by atoms with E-state index >= 15 is 0 Å². The summed E-state index contributed by atoms with van der Waals surface area (Å²) in [5, 5.41) is 11.9. The molecule has 0 saturated carbocycles. The van der Waals surface area contributed by atoms with Crippen molar-refractivity contribution in [3.63, 3.8) is 0 Å². The molecule has 0 aliphatic carbocycles. The first kappa shape index (κ1) is 16.7. The number of hydrogen-bond donors (Lipinski definition) is 1. The molecule has 2 rings (SSSR count). The summed E-state index contributed by atoms with van der Waals surface area (Å²) in [5.74, 6) is 0. The van der Waals surface area contributed by atoms with Gasteiger partial charge in [-0.1, -0.05) is 0 Å². The maximum absolute atomic E-state index is 12.8. The van der Waals surface area contributed by atoms with Gasteiger partial charge < -0.3 is 5.32 Å². The van der Waals surface area contributed by atoms with Crippen LogP contribution in [0.5, 0.6) is 0 Å². The summed E-state index contributed by atoms with van der Waals surface area (Å²) in [4.78, 5) is -0.300. The van der Waals surface area contributed by atoms with Crippen LogP contribution >= 0.6 is 0 Å². The number of alkyl halides is 3. The van der Waals surface area contributed by atoms with Gasteiger partial charge in [-0.15, -0.1) is 0 Å². The predicted molar refractivity (Wildman–Crippen MR) is 72.4 cm³/mol. The van der Waals surface area contributed by atoms with Gasteiger partial charge in [0, 0.05) is 25.7 Å². The van der Waals surface area contributed by atoms with Gasteiger partial charge in [-0.05, 0) is 25.1 Å². The number of sulfonamides is 1. The standard InChI is InChI=1S/C13H14F3N3O2S/c1-9-8-19(5-4-18-9)22(20,21)11-2-3-12(13(14,15)16)10(6-11)7-17/h2-3,6,9,18H,4-5,8H2,1H3/t9-/m0/s1. The molecule has 1 aliphatic rings. The summed E-state index contributed by atoms with van der Waals surface area (Å²) in [7, 11) is -3.91. The Morgan fingerprint density at radius 2 is 2.09 bits per heavy atom. The van der Waals surface area contributed by atoms with Crippen molar-refractivity contribution in [2.45, 2.75) is 24.0 Å². The summed E-state index contributed by atoms with van der Waals surface area (Å²) in [6, 6.07) is 3.68. The van der Waals surface area contributed by atoms with E-state index in [9.17, 15) is 21.6 Å². The number of rotatable bonds is 2. The molecule has 120 valence electrons. The van der Waals surface area contributed by atoms with Crippen molar-refractivity contribution in [3.8, 4) is 6.07 Å². The van der Waals surface area contributed by atoms with Crippen molar-refractivity contribution in [1.82, 2.24) is 9.62 Å². The SMILES string of the molecule is C[C@H]1CN(S(=O)(=O)c2ccc(C(F)(F)F)c(C#N)c2)CCN1. The van der Waals surface area contributed by atoms with Crippen LogP contribution in [-0.4, -0.2) is 38.4 Å². The third-order valence-electron chi connectivity index (χ3n) is 3.39. The van der Waals surface area contributed by atoms with Crippen LogP contribution in [0.15, 0.2) is 23.1 Å². The lowest BCUT2D eigenvalue weighted by Crippen LogP contribution is -2.51. The number of nitrogens with one attached hydrogen (secondary N) is 1. The Hall–Kier alpha value is -1.63. The van der Waals surface area contributed by atoms with Crippen molar-refractivity contribution in [3.05, 3.63) is 29.3 Å². The van der Waals surface area contributed by atoms with E-state index in [-0.39, 0.29) is 24.0 Å². The topological polar surface area (TPSA) is 73.2 Å². The molecular weight excluding hydrogens is 319 g/mol. The maximum atomic E-state index is 12.8. The van der Waals surface area contributed by atoms with E-state index in [0.29, 0.717) is 12.6 Å². The fourth-order valence-electron chi connectivity index (χ4n) is 2.29. The lowest BCUT2D eigenvalue weighted by molar-refractivity contribution is -0.137. The Bertz CT molecular complexity index is 710. The van der Waals surface area contributed by atoms with Crippen molar-refractivity contribution in [2.75, 3.05) is 19.6 Å². The molecule has 1 aliphatic heterocycles. The Morgan fingerprint density at radius 3 is 2.64 bits per heavy atom. The van der Waals surface area contributed by atoms with Crippen LogP contribution in [0.3, 0.4) is 0 Å². The molecule has 0 spiro atoms. The van der Waals surface area contributed by atoms with E-state index in [4.69, 9.17) is 5.26 Å². The molecule has 1 heterocycles. The monoisotopic (exact) mass is 333 g/mol. The highest BCUT2D eigenvalue weighted by atomic mass is 32.2. The molecule has 1 N–H and O–H groups in total. The number of nitriles is 1. The van der Waals surface area contributed by atoms with E-state index in [0.717, 1.165) is 12.1 Å². The van der Waals surface area contributed by atoms with Crippen molar-refractivity contribution >= 4 is 10.0 Å². The highest BCUT2D eigenvalue weighted by Gasteiger charge is 2.35. The first-order chi connectivity index (χ1) is 10.2. The first-order valence-electron chi connectivity index (χ1n) is 6.51. The minimum atomic E-state index is -4.70. The maximum Gasteiger partial charge on any atom is 0.417 e. The van der Waals surface area contributed by atoms with Crippen LogP contribution in [-0.2, 0) is 16.2 Å². The fourth-order valence-corrected chi connectivity index (χ4v) is 3.84. The molecular formula is C13H14F3N3O2S. The molecule has 1 aromatic carbocycles. The third kappa shape index (κ3) is 3.24. The Labute approximate surface area is 126 Å². The molecule has 1 fully saturated rings. The van der Waals surface area contributed by atoms with Gasteiger partial charge in [0.1, 0.15) is 0 Å². The van der Waals surface area contributed by atoms with Crippen molar-refractivity contribution < 1.29 is 21.6 Å². The van der Waals surface area contributed by atoms with Crippen LogP contribution in [0.4, 0.5) is 13.2 Å². The number of nitrogens with zero attached hydrogens (tertiary/aromatic N) is 2. The molecule has 0 bridgehead atoms. The zero-order valence-corrected chi connectivity index (χ0v) is 12.5. The quantitative estimate of drug-likeness (QED) is 0.891. The minimum absolute atomic E-state index is 0.0478. The molecule has 1 saturated heterocycles. The number of piperazine rings is 1. The van der Waals surface area contributed by atoms with E-state index < -0.39 is 27.3 Å². The van der Waals surface area contributed by atoms with E-state index in [1.807, 2.05) is 6.92 Å². The Balaban J connectivity index is 2.43. The molecule has 0 aromatic heterocycles. The zero-order chi connectivity index (χ0) is 16.5. The second-order valence-electron chi connectivity index (χ2n) is 5.04. The minimum Gasteiger partial charge on any atom is -0.312 e. The van der Waals surface area contributed by atoms with Gasteiger partial charge in [0.15, 0.2) is 0 Å². The molecule has 9 heteroatoms. The second kappa shape index (κ2) is 5.87. The van der Waals surface area contributed by atoms with Gasteiger partial charge in [0.2, 0.25) is 10.0 Å². The van der Waals surface area contributed by atoms with E-state index in [2.05, 4.69) is 5.32 Å². The second-order valence-corrected chi connectivity index (χ2v) is 6.97. The highest BCUT2D eigenvalue weighted by molar-refractivity contribution is 7.89. The van der Waals surface area contributed by atoms with Gasteiger partial charge in [0.25, 0.3) is 0 Å². The van der Waals surface area contributed by atoms with Crippen molar-refractivity contribution in [2.24, 2.45) is 0 Å². The lowest BCUT2D eigenvalue weighted by atomic mass is 10.1. The summed E-state index contributed by atoms with van der Waals surface area (Å²) in [6.45, 7) is 2.74. The van der Waals surface area contributed by atoms with Crippen LogP contribution in [0, 0.1) is 11.3 Å². The largest absolute Gasteiger partial charge is 0.417 e. The normalized spacial score (nSPS) is 20.6. The molecule has 0 unspecified atom stereocenters. The van der Waals surface area contributed by atoms with Crippen LogP contribution < -0.4 is 5.32 Å². The third-order valence-corrected chi connectivity index (χ3v) is 5.25. The van der Waals surface area contributed by atoms with Gasteiger partial charge in [-0.25, -0.2) is 8.42 Å². The summed E-state index contributed by atoms with van der Waals surface area (Å²) in [6.07, 6.45) is -4.70. The Kier molecular flexibility index (Phi) is 4.47. The summed E-state index contributed by atoms with van der Waals surface area (Å²) < 4.78 is 64.4. The molecule has 0 amide bonds. The van der Waals surface area contributed by atoms with Gasteiger partial charge in [-0.2, -0.15) is 22.7 Å². The van der Waals surface area contributed by atoms with Crippen molar-refractivity contribution in [1.29, 1.82) is 5.26 Å². The Morgan fingerprint density at radius 1 is 1.41 bits per heavy atom. The molecule has 1 atom stereocenters. The first-order valence-corrected chi connectivity index (χ1v) is 7.95. The highest BCUT2D eigenvalue weighted by Crippen LogP contribution is 2.33. The average Bonchev–Trinajstić information content (AvgIpc) is 2.45. The molecule has 22 heavy (non-hydrogen) atoms. The summed E-state index contributed by atoms with van der Waals surface area (Å²) in [5.41, 5.74) is -1.83. The van der Waals surface area contributed by atoms with Crippen LogP contribution in [0.1, 0.15) is 18.1 Å². The number of benzene rings is 1. The molecule has 0 radical (unpaired) electrons. The zero-order valence-electron chi connectivity index (χ0n) is 11.7. The smallest absolute Gasteiger partial charge is 0.312 e. The predicted octanol–water partition coefficient (Wildman–Crippen LogP) is 1.56.